The lowest BCUT2D eigenvalue weighted by Crippen LogP contribution is -2.54. The van der Waals surface area contributed by atoms with Crippen LogP contribution < -0.4 is 16.0 Å². The van der Waals surface area contributed by atoms with E-state index >= 15 is 0 Å². The van der Waals surface area contributed by atoms with Crippen LogP contribution in [0.25, 0.3) is 0 Å². The predicted octanol–water partition coefficient (Wildman–Crippen LogP) is 1.57. The maximum Gasteiger partial charge on any atom is 0.264 e. The van der Waals surface area contributed by atoms with Gasteiger partial charge in [-0.3, -0.25) is 29.4 Å². The number of benzene rings is 1. The Kier molecular flexibility index (Phi) is 8.80. The summed E-state index contributed by atoms with van der Waals surface area (Å²) in [5.41, 5.74) is 7.52. The van der Waals surface area contributed by atoms with Crippen molar-refractivity contribution in [2.75, 3.05) is 37.6 Å². The van der Waals surface area contributed by atoms with Gasteiger partial charge in [-0.05, 0) is 63.2 Å². The summed E-state index contributed by atoms with van der Waals surface area (Å²) in [6.07, 6.45) is 4.48. The summed E-state index contributed by atoms with van der Waals surface area (Å²) < 4.78 is 0. The fourth-order valence-electron chi connectivity index (χ4n) is 5.62. The summed E-state index contributed by atoms with van der Waals surface area (Å²) in [7, 11) is 0. The van der Waals surface area contributed by atoms with Crippen molar-refractivity contribution in [3.05, 3.63) is 29.3 Å². The van der Waals surface area contributed by atoms with Crippen LogP contribution in [0.3, 0.4) is 0 Å². The smallest absolute Gasteiger partial charge is 0.264 e. The number of halogens is 2. The molecule has 0 saturated carbocycles. The molecule has 3 saturated heterocycles. The summed E-state index contributed by atoms with van der Waals surface area (Å²) >= 11 is 0. The third kappa shape index (κ3) is 5.33. The van der Waals surface area contributed by atoms with Gasteiger partial charge in [-0.2, -0.15) is 0 Å². The number of anilines is 1. The number of amides is 4. The van der Waals surface area contributed by atoms with E-state index in [9.17, 15) is 19.2 Å². The Hall–Kier alpha value is -2.20. The highest BCUT2D eigenvalue weighted by atomic mass is 35.5. The molecule has 4 aliphatic heterocycles. The average Bonchev–Trinajstić information content (AvgIpc) is 3.06. The Bertz CT molecular complexity index is 990. The van der Waals surface area contributed by atoms with Crippen molar-refractivity contribution in [1.29, 1.82) is 0 Å². The van der Waals surface area contributed by atoms with Crippen LogP contribution in [0.1, 0.15) is 59.2 Å². The second-order valence-corrected chi connectivity index (χ2v) is 9.72. The van der Waals surface area contributed by atoms with Crippen LogP contribution in [-0.2, 0) is 9.59 Å². The number of hydrogen-bond donors (Lipinski definition) is 2. The molecule has 9 nitrogen and oxygen atoms in total. The highest BCUT2D eigenvalue weighted by molar-refractivity contribution is 6.25. The topological polar surface area (TPSA) is 116 Å². The van der Waals surface area contributed by atoms with Gasteiger partial charge in [0.15, 0.2) is 0 Å². The number of likely N-dealkylation sites (tertiary alicyclic amines) is 1. The number of imide groups is 2. The van der Waals surface area contributed by atoms with E-state index in [1.165, 1.54) is 0 Å². The summed E-state index contributed by atoms with van der Waals surface area (Å²) in [5.74, 6) is -1.23. The standard InChI is InChI=1S/C24H31N5O4.2ClH/c25-16-8-10-27(11-9-16)14-15-6-12-28(13-7-15)18-3-1-2-17-21(18)24(33)29(23(17)32)19-4-5-20(30)26-22(19)31;;/h1-3,15-16,19H,4-14,25H2,(H,26,30,31);2*1H. The number of nitrogens with two attached hydrogens (primary N) is 1. The van der Waals surface area contributed by atoms with Crippen LogP contribution in [0, 0.1) is 5.92 Å². The van der Waals surface area contributed by atoms with Crippen LogP contribution in [-0.4, -0.2) is 78.2 Å². The van der Waals surface area contributed by atoms with Crippen molar-refractivity contribution in [1.82, 2.24) is 15.1 Å². The van der Waals surface area contributed by atoms with E-state index in [1.54, 1.807) is 12.1 Å². The number of piperidine rings is 3. The van der Waals surface area contributed by atoms with Crippen LogP contribution in [0.4, 0.5) is 5.69 Å². The zero-order valence-corrected chi connectivity index (χ0v) is 21.2. The average molecular weight is 526 g/mol. The SMILES string of the molecule is Cl.Cl.NC1CCN(CC2CCN(c3cccc4c3C(=O)N(C3CCC(=O)NC3=O)C4=O)CC2)CC1. The van der Waals surface area contributed by atoms with Crippen molar-refractivity contribution in [2.24, 2.45) is 11.7 Å². The van der Waals surface area contributed by atoms with E-state index in [-0.39, 0.29) is 43.6 Å². The minimum Gasteiger partial charge on any atom is -0.371 e. The number of fused-ring (bicyclic) bond motifs is 1. The molecular weight excluding hydrogens is 493 g/mol. The minimum absolute atomic E-state index is 0. The molecule has 4 heterocycles. The number of nitrogens with one attached hydrogen (secondary N) is 1. The van der Waals surface area contributed by atoms with Crippen molar-refractivity contribution in [2.45, 2.75) is 50.6 Å². The van der Waals surface area contributed by atoms with Crippen molar-refractivity contribution < 1.29 is 19.2 Å². The lowest BCUT2D eigenvalue weighted by atomic mass is 9.93. The molecule has 3 N–H and O–H groups in total. The number of nitrogens with zero attached hydrogens (tertiary/aromatic N) is 3. The van der Waals surface area contributed by atoms with Crippen LogP contribution >= 0.6 is 24.8 Å². The molecule has 1 atom stereocenters. The molecule has 0 bridgehead atoms. The quantitative estimate of drug-likeness (QED) is 0.573. The molecule has 192 valence electrons. The monoisotopic (exact) mass is 525 g/mol. The Balaban J connectivity index is 0.00000171. The van der Waals surface area contributed by atoms with E-state index in [1.807, 2.05) is 6.07 Å². The fraction of sp³-hybridized carbons (Fsp3) is 0.583. The Morgan fingerprint density at radius 1 is 0.886 bits per heavy atom. The zero-order chi connectivity index (χ0) is 23.1. The van der Waals surface area contributed by atoms with Crippen LogP contribution in [0.2, 0.25) is 0 Å². The van der Waals surface area contributed by atoms with Crippen LogP contribution in [0.15, 0.2) is 18.2 Å². The van der Waals surface area contributed by atoms with Crippen molar-refractivity contribution in [3.8, 4) is 0 Å². The first-order valence-electron chi connectivity index (χ1n) is 12.0. The third-order valence-corrected chi connectivity index (χ3v) is 7.55. The molecule has 0 aromatic heterocycles. The summed E-state index contributed by atoms with van der Waals surface area (Å²) in [4.78, 5) is 56.0. The molecule has 1 aromatic rings. The lowest BCUT2D eigenvalue weighted by Gasteiger charge is -2.38. The second kappa shape index (κ2) is 11.2. The molecule has 0 radical (unpaired) electrons. The first-order valence-corrected chi connectivity index (χ1v) is 12.0. The summed E-state index contributed by atoms with van der Waals surface area (Å²) in [6, 6.07) is 4.74. The first-order chi connectivity index (χ1) is 15.9. The summed E-state index contributed by atoms with van der Waals surface area (Å²) in [5, 5.41) is 2.25. The van der Waals surface area contributed by atoms with E-state index in [0.29, 0.717) is 23.1 Å². The van der Waals surface area contributed by atoms with Gasteiger partial charge in [-0.1, -0.05) is 6.07 Å². The van der Waals surface area contributed by atoms with Crippen molar-refractivity contribution in [3.63, 3.8) is 0 Å². The molecule has 1 aromatic carbocycles. The number of hydrogen-bond acceptors (Lipinski definition) is 7. The fourth-order valence-corrected chi connectivity index (χ4v) is 5.62. The van der Waals surface area contributed by atoms with Gasteiger partial charge in [-0.25, -0.2) is 0 Å². The largest absolute Gasteiger partial charge is 0.371 e. The predicted molar refractivity (Wildman–Crippen MR) is 136 cm³/mol. The normalized spacial score (nSPS) is 24.1. The van der Waals surface area contributed by atoms with Gasteiger partial charge in [0.25, 0.3) is 11.8 Å². The second-order valence-electron chi connectivity index (χ2n) is 9.72. The highest BCUT2D eigenvalue weighted by Gasteiger charge is 2.46. The molecule has 11 heteroatoms. The Labute approximate surface area is 217 Å². The molecule has 35 heavy (non-hydrogen) atoms. The molecule has 4 amide bonds. The molecule has 1 unspecified atom stereocenters. The number of rotatable bonds is 4. The highest BCUT2D eigenvalue weighted by Crippen LogP contribution is 2.36. The molecule has 0 aliphatic carbocycles. The maximum absolute atomic E-state index is 13.3. The minimum atomic E-state index is -0.939. The van der Waals surface area contributed by atoms with E-state index in [0.717, 1.165) is 69.0 Å². The lowest BCUT2D eigenvalue weighted by molar-refractivity contribution is -0.136. The van der Waals surface area contributed by atoms with E-state index in [4.69, 9.17) is 5.73 Å². The van der Waals surface area contributed by atoms with Gasteiger partial charge in [-0.15, -0.1) is 24.8 Å². The van der Waals surface area contributed by atoms with Gasteiger partial charge in [0.2, 0.25) is 11.8 Å². The van der Waals surface area contributed by atoms with Crippen LogP contribution in [0.5, 0.6) is 0 Å². The number of carbonyl (C=O) groups is 4. The molecule has 5 rings (SSSR count). The van der Waals surface area contributed by atoms with Gasteiger partial charge in [0, 0.05) is 32.1 Å². The van der Waals surface area contributed by atoms with Crippen molar-refractivity contribution >= 4 is 54.1 Å². The number of carbonyl (C=O) groups excluding carboxylic acids is 4. The van der Waals surface area contributed by atoms with Gasteiger partial charge in [0.05, 0.1) is 16.8 Å². The summed E-state index contributed by atoms with van der Waals surface area (Å²) in [6.45, 7) is 4.89. The first kappa shape index (κ1) is 27.4. The van der Waals surface area contributed by atoms with E-state index < -0.39 is 23.8 Å². The molecule has 4 aliphatic rings. The Morgan fingerprint density at radius 2 is 1.57 bits per heavy atom. The van der Waals surface area contributed by atoms with Gasteiger partial charge in [0.1, 0.15) is 6.04 Å². The van der Waals surface area contributed by atoms with Gasteiger partial charge < -0.3 is 15.5 Å². The Morgan fingerprint density at radius 3 is 2.23 bits per heavy atom. The van der Waals surface area contributed by atoms with Gasteiger partial charge >= 0.3 is 0 Å². The molecule has 3 fully saturated rings. The molecular formula is C24H33Cl2N5O4. The third-order valence-electron chi connectivity index (χ3n) is 7.55. The maximum atomic E-state index is 13.3. The van der Waals surface area contributed by atoms with E-state index in [2.05, 4.69) is 15.1 Å². The molecule has 0 spiro atoms. The zero-order valence-electron chi connectivity index (χ0n) is 19.6.